The van der Waals surface area contributed by atoms with E-state index < -0.39 is 0 Å². The molecule has 0 heterocycles. The third-order valence-electron chi connectivity index (χ3n) is 4.90. The van der Waals surface area contributed by atoms with Crippen molar-refractivity contribution in [1.29, 1.82) is 0 Å². The Morgan fingerprint density at radius 2 is 1.06 bits per heavy atom. The second-order valence-electron chi connectivity index (χ2n) is 7.15. The second kappa shape index (κ2) is 9.71. The zero-order valence-electron chi connectivity index (χ0n) is 17.4. The molecule has 0 aliphatic carbocycles. The van der Waals surface area contributed by atoms with E-state index in [1.54, 1.807) is 24.3 Å². The molecule has 0 radical (unpaired) electrons. The lowest BCUT2D eigenvalue weighted by molar-refractivity contribution is 0.0945. The van der Waals surface area contributed by atoms with Crippen molar-refractivity contribution in [3.05, 3.63) is 101 Å². The predicted octanol–water partition coefficient (Wildman–Crippen LogP) is 2.55. The number of hydrazine groups is 2. The fourth-order valence-corrected chi connectivity index (χ4v) is 3.14. The molecular weight excluding hydrogens is 390 g/mol. The molecule has 0 unspecified atom stereocenters. The number of carbonyl (C=O) groups excluding carboxylic acids is 2. The maximum absolute atomic E-state index is 11.8. The normalized spacial score (nSPS) is 10.2. The molecule has 0 spiro atoms. The van der Waals surface area contributed by atoms with E-state index in [-0.39, 0.29) is 11.8 Å². The number of nitrogens with one attached hydrogen (secondary N) is 2. The minimum absolute atomic E-state index is 0.353. The molecule has 158 valence electrons. The number of benzene rings is 3. The van der Waals surface area contributed by atoms with Crippen molar-refractivity contribution in [2.24, 2.45) is 11.7 Å². The first kappa shape index (κ1) is 21.8. The molecule has 0 fully saturated rings. The molecular formula is C24H25N5O2. The third kappa shape index (κ3) is 5.16. The first-order valence-corrected chi connectivity index (χ1v) is 9.65. The van der Waals surface area contributed by atoms with Crippen LogP contribution in [0.2, 0.25) is 0 Å². The van der Waals surface area contributed by atoms with Gasteiger partial charge in [-0.1, -0.05) is 36.4 Å². The molecule has 6 N–H and O–H groups in total. The summed E-state index contributed by atoms with van der Waals surface area (Å²) in [4.78, 5) is 25.6. The highest BCUT2D eigenvalue weighted by molar-refractivity contribution is 5.97. The number of hydrogen-bond acceptors (Lipinski definition) is 5. The topological polar surface area (TPSA) is 113 Å². The van der Waals surface area contributed by atoms with Crippen molar-refractivity contribution in [2.75, 3.05) is 19.0 Å². The van der Waals surface area contributed by atoms with E-state index in [4.69, 9.17) is 11.7 Å². The number of amides is 2. The number of nitrogen functional groups attached to an aromatic ring is 2. The van der Waals surface area contributed by atoms with Crippen LogP contribution in [0.3, 0.4) is 0 Å². The molecule has 0 aromatic heterocycles. The summed E-state index contributed by atoms with van der Waals surface area (Å²) in [6, 6.07) is 22.5. The van der Waals surface area contributed by atoms with E-state index in [1.807, 2.05) is 67.5 Å². The molecule has 7 nitrogen and oxygen atoms in total. The molecule has 0 saturated heterocycles. The summed E-state index contributed by atoms with van der Waals surface area (Å²) in [7, 11) is 3.99. The van der Waals surface area contributed by atoms with E-state index >= 15 is 0 Å². The largest absolute Gasteiger partial charge is 0.378 e. The van der Waals surface area contributed by atoms with Crippen molar-refractivity contribution < 1.29 is 9.59 Å². The fraction of sp³-hybridized carbons (Fsp3) is 0.0833. The van der Waals surface area contributed by atoms with Gasteiger partial charge in [-0.05, 0) is 64.7 Å². The van der Waals surface area contributed by atoms with Crippen molar-refractivity contribution in [2.45, 2.75) is 0 Å². The number of hydrogen-bond donors (Lipinski definition) is 4. The first-order valence-electron chi connectivity index (χ1n) is 9.65. The highest BCUT2D eigenvalue weighted by Gasteiger charge is 2.10. The fourth-order valence-electron chi connectivity index (χ4n) is 3.14. The monoisotopic (exact) mass is 415 g/mol. The Labute approximate surface area is 181 Å². The average molecular weight is 415 g/mol. The molecule has 0 aliphatic heterocycles. The van der Waals surface area contributed by atoms with Gasteiger partial charge in [-0.15, -0.1) is 0 Å². The van der Waals surface area contributed by atoms with Gasteiger partial charge in [0.05, 0.1) is 0 Å². The van der Waals surface area contributed by atoms with Crippen LogP contribution in [-0.2, 0) is 0 Å². The van der Waals surface area contributed by atoms with Crippen LogP contribution in [0.4, 0.5) is 5.69 Å². The second-order valence-corrected chi connectivity index (χ2v) is 7.15. The molecule has 0 aliphatic rings. The maximum atomic E-state index is 11.8. The Morgan fingerprint density at radius 3 is 1.42 bits per heavy atom. The number of rotatable bonds is 6. The van der Waals surface area contributed by atoms with Gasteiger partial charge in [0, 0.05) is 30.9 Å². The van der Waals surface area contributed by atoms with Crippen LogP contribution in [0.25, 0.3) is 11.6 Å². The van der Waals surface area contributed by atoms with Gasteiger partial charge in [-0.2, -0.15) is 0 Å². The summed E-state index contributed by atoms with van der Waals surface area (Å²) in [5.41, 5.74) is 10.1. The summed E-state index contributed by atoms with van der Waals surface area (Å²) < 4.78 is 0. The molecule has 2 amide bonds. The van der Waals surface area contributed by atoms with Gasteiger partial charge in [-0.3, -0.25) is 20.4 Å². The summed E-state index contributed by atoms with van der Waals surface area (Å²) in [6.45, 7) is 0. The van der Waals surface area contributed by atoms with Gasteiger partial charge in [0.1, 0.15) is 0 Å². The summed E-state index contributed by atoms with van der Waals surface area (Å²) in [5, 5.41) is 0. The highest BCUT2D eigenvalue weighted by Crippen LogP contribution is 2.27. The minimum Gasteiger partial charge on any atom is -0.378 e. The molecule has 31 heavy (non-hydrogen) atoms. The maximum Gasteiger partial charge on any atom is 0.265 e. The lowest BCUT2D eigenvalue weighted by Crippen LogP contribution is -2.29. The third-order valence-corrected chi connectivity index (χ3v) is 4.90. The van der Waals surface area contributed by atoms with E-state index in [0.717, 1.165) is 28.0 Å². The van der Waals surface area contributed by atoms with E-state index in [0.29, 0.717) is 11.1 Å². The Hall–Kier alpha value is -3.94. The average Bonchev–Trinajstić information content (AvgIpc) is 2.82. The van der Waals surface area contributed by atoms with Gasteiger partial charge in [0.25, 0.3) is 11.8 Å². The molecule has 7 heteroatoms. The Bertz CT molecular complexity index is 1020. The molecule has 3 aromatic carbocycles. The van der Waals surface area contributed by atoms with Gasteiger partial charge < -0.3 is 4.90 Å². The van der Waals surface area contributed by atoms with Crippen LogP contribution in [0.5, 0.6) is 0 Å². The molecule has 0 saturated carbocycles. The standard InChI is InChI=1S/C24H25N5O2/c1-29(2)21-13-3-16(4-14-21)15-22(17-5-9-19(10-6-17)23(30)27-25)18-7-11-20(12-8-18)24(31)28-26/h3-15H,25-26H2,1-2H3,(H,27,30)(H,28,31). The smallest absolute Gasteiger partial charge is 0.265 e. The summed E-state index contributed by atoms with van der Waals surface area (Å²) >= 11 is 0. The van der Waals surface area contributed by atoms with E-state index in [1.165, 1.54) is 0 Å². The number of anilines is 1. The van der Waals surface area contributed by atoms with Crippen LogP contribution in [0.1, 0.15) is 37.4 Å². The lowest BCUT2D eigenvalue weighted by Gasteiger charge is -2.13. The number of carbonyl (C=O) groups is 2. The van der Waals surface area contributed by atoms with Crippen LogP contribution in [-0.4, -0.2) is 25.9 Å². The predicted molar refractivity (Wildman–Crippen MR) is 124 cm³/mol. The van der Waals surface area contributed by atoms with E-state index in [9.17, 15) is 9.59 Å². The Balaban J connectivity index is 2.05. The van der Waals surface area contributed by atoms with E-state index in [2.05, 4.69) is 16.9 Å². The van der Waals surface area contributed by atoms with Crippen LogP contribution >= 0.6 is 0 Å². The molecule has 3 aromatic rings. The van der Waals surface area contributed by atoms with Crippen LogP contribution in [0, 0.1) is 0 Å². The zero-order chi connectivity index (χ0) is 22.4. The first-order chi connectivity index (χ1) is 14.9. The lowest BCUT2D eigenvalue weighted by atomic mass is 9.94. The minimum atomic E-state index is -0.353. The molecule has 0 atom stereocenters. The van der Waals surface area contributed by atoms with Crippen molar-refractivity contribution >= 4 is 29.2 Å². The summed E-state index contributed by atoms with van der Waals surface area (Å²) in [5.74, 6) is 9.74. The number of nitrogens with two attached hydrogens (primary N) is 2. The van der Waals surface area contributed by atoms with Gasteiger partial charge >= 0.3 is 0 Å². The van der Waals surface area contributed by atoms with Crippen LogP contribution in [0.15, 0.2) is 72.8 Å². The quantitative estimate of drug-likeness (QED) is 0.214. The van der Waals surface area contributed by atoms with Crippen molar-refractivity contribution in [3.8, 4) is 0 Å². The van der Waals surface area contributed by atoms with Gasteiger partial charge in [-0.25, -0.2) is 11.7 Å². The highest BCUT2D eigenvalue weighted by atomic mass is 16.2. The molecule has 0 bridgehead atoms. The number of nitrogens with zero attached hydrogens (tertiary/aromatic N) is 1. The summed E-state index contributed by atoms with van der Waals surface area (Å²) in [6.07, 6.45) is 2.06. The van der Waals surface area contributed by atoms with Crippen molar-refractivity contribution in [1.82, 2.24) is 10.9 Å². The molecule has 3 rings (SSSR count). The Morgan fingerprint density at radius 1 is 0.677 bits per heavy atom. The van der Waals surface area contributed by atoms with Gasteiger partial charge in [0.2, 0.25) is 0 Å². The zero-order valence-corrected chi connectivity index (χ0v) is 17.4. The SMILES string of the molecule is CN(C)c1ccc(C=C(c2ccc(C(=O)NN)cc2)c2ccc(C(=O)NN)cc2)cc1. The van der Waals surface area contributed by atoms with Crippen LogP contribution < -0.4 is 27.4 Å². The van der Waals surface area contributed by atoms with Gasteiger partial charge in [0.15, 0.2) is 0 Å². The van der Waals surface area contributed by atoms with Crippen molar-refractivity contribution in [3.63, 3.8) is 0 Å². The Kier molecular flexibility index (Phi) is 6.81.